The van der Waals surface area contributed by atoms with Crippen LogP contribution in [0.2, 0.25) is 0 Å². The summed E-state index contributed by atoms with van der Waals surface area (Å²) in [5, 5.41) is 17.5. The first-order chi connectivity index (χ1) is 14.3. The molecule has 2 aromatic rings. The van der Waals surface area contributed by atoms with Crippen molar-refractivity contribution in [2.75, 3.05) is 0 Å². The maximum atomic E-state index is 10.1. The van der Waals surface area contributed by atoms with Gasteiger partial charge in [0.05, 0.1) is 6.10 Å². The summed E-state index contributed by atoms with van der Waals surface area (Å²) in [6, 6.07) is 10.1. The van der Waals surface area contributed by atoms with E-state index in [0.29, 0.717) is 0 Å². The second-order valence-corrected chi connectivity index (χ2v) is 7.98. The van der Waals surface area contributed by atoms with E-state index < -0.39 is 0 Å². The topological polar surface area (TPSA) is 61.8 Å². The third-order valence-corrected chi connectivity index (χ3v) is 5.32. The van der Waals surface area contributed by atoms with E-state index in [1.54, 1.807) is 0 Å². The number of nitrogens with zero attached hydrogens (tertiary/aromatic N) is 2. The Balaban J connectivity index is 1.45. The van der Waals surface area contributed by atoms with Crippen LogP contribution in [-0.4, -0.2) is 26.4 Å². The zero-order valence-corrected chi connectivity index (χ0v) is 18.2. The van der Waals surface area contributed by atoms with Gasteiger partial charge in [0, 0.05) is 12.0 Å². The Bertz CT molecular complexity index is 666. The van der Waals surface area contributed by atoms with E-state index >= 15 is 0 Å². The van der Waals surface area contributed by atoms with Crippen LogP contribution in [-0.2, 0) is 6.42 Å². The van der Waals surface area contributed by atoms with Gasteiger partial charge in [0.2, 0.25) is 0 Å². The number of H-pyrrole nitrogens is 1. The van der Waals surface area contributed by atoms with Crippen molar-refractivity contribution in [3.8, 4) is 11.4 Å². The van der Waals surface area contributed by atoms with E-state index in [4.69, 9.17) is 0 Å². The zero-order chi connectivity index (χ0) is 20.6. The molecule has 160 valence electrons. The lowest BCUT2D eigenvalue weighted by Gasteiger charge is -2.08. The van der Waals surface area contributed by atoms with Crippen LogP contribution in [0.1, 0.15) is 89.8 Å². The molecular formula is C25H39N3O. The summed E-state index contributed by atoms with van der Waals surface area (Å²) in [6.07, 6.45) is 19.2. The van der Waals surface area contributed by atoms with E-state index in [0.717, 1.165) is 55.7 Å². The van der Waals surface area contributed by atoms with Crippen molar-refractivity contribution in [1.82, 2.24) is 15.2 Å². The minimum absolute atomic E-state index is 0.138. The molecule has 29 heavy (non-hydrogen) atoms. The van der Waals surface area contributed by atoms with Crippen LogP contribution in [0.3, 0.4) is 0 Å². The Morgan fingerprint density at radius 1 is 0.897 bits per heavy atom. The van der Waals surface area contributed by atoms with Gasteiger partial charge in [-0.25, -0.2) is 4.98 Å². The van der Waals surface area contributed by atoms with Gasteiger partial charge in [0.15, 0.2) is 5.82 Å². The lowest BCUT2D eigenvalue weighted by atomic mass is 10.0. The minimum atomic E-state index is -0.138. The molecule has 4 heteroatoms. The number of aromatic nitrogens is 3. The number of rotatable bonds is 16. The highest BCUT2D eigenvalue weighted by Crippen LogP contribution is 2.15. The molecule has 0 aliphatic carbocycles. The number of nitrogens with one attached hydrogen (secondary N) is 1. The highest BCUT2D eigenvalue weighted by Gasteiger charge is 2.05. The summed E-state index contributed by atoms with van der Waals surface area (Å²) in [5.74, 6) is 1.76. The van der Waals surface area contributed by atoms with E-state index in [1.807, 2.05) is 30.3 Å². The Kier molecular flexibility index (Phi) is 12.1. The molecule has 1 aromatic carbocycles. The first-order valence-electron chi connectivity index (χ1n) is 11.6. The number of aliphatic hydroxyl groups excluding tert-OH is 1. The average molecular weight is 398 g/mol. The Morgan fingerprint density at radius 3 is 2.48 bits per heavy atom. The molecule has 0 amide bonds. The van der Waals surface area contributed by atoms with Gasteiger partial charge in [0.25, 0.3) is 0 Å². The number of unbranched alkanes of at least 4 members (excludes halogenated alkanes) is 7. The van der Waals surface area contributed by atoms with Gasteiger partial charge in [0.1, 0.15) is 5.82 Å². The molecule has 0 aliphatic rings. The molecule has 1 atom stereocenters. The number of allylic oxidation sites excluding steroid dienone is 2. The molecular weight excluding hydrogens is 358 g/mol. The van der Waals surface area contributed by atoms with Gasteiger partial charge in [-0.2, -0.15) is 5.10 Å². The second kappa shape index (κ2) is 15.0. The summed E-state index contributed by atoms with van der Waals surface area (Å²) in [6.45, 7) is 2.23. The third kappa shape index (κ3) is 10.4. The molecule has 0 saturated carbocycles. The number of hydrogen-bond acceptors (Lipinski definition) is 3. The highest BCUT2D eigenvalue weighted by atomic mass is 16.3. The predicted molar refractivity (Wildman–Crippen MR) is 122 cm³/mol. The van der Waals surface area contributed by atoms with E-state index in [-0.39, 0.29) is 6.10 Å². The average Bonchev–Trinajstić information content (AvgIpc) is 3.22. The summed E-state index contributed by atoms with van der Waals surface area (Å²) < 4.78 is 0. The quantitative estimate of drug-likeness (QED) is 0.247. The minimum Gasteiger partial charge on any atom is -0.393 e. The third-order valence-electron chi connectivity index (χ3n) is 5.32. The largest absolute Gasteiger partial charge is 0.393 e. The van der Waals surface area contributed by atoms with Crippen LogP contribution < -0.4 is 0 Å². The summed E-state index contributed by atoms with van der Waals surface area (Å²) in [4.78, 5) is 4.59. The zero-order valence-electron chi connectivity index (χ0n) is 18.2. The fourth-order valence-electron chi connectivity index (χ4n) is 3.51. The molecule has 0 bridgehead atoms. The van der Waals surface area contributed by atoms with Crippen molar-refractivity contribution in [3.05, 3.63) is 48.3 Å². The number of aryl methyl sites for hydroxylation is 1. The lowest BCUT2D eigenvalue weighted by molar-refractivity contribution is 0.152. The van der Waals surface area contributed by atoms with Crippen LogP contribution in [0.4, 0.5) is 0 Å². The van der Waals surface area contributed by atoms with Crippen LogP contribution in [0.5, 0.6) is 0 Å². The van der Waals surface area contributed by atoms with Crippen molar-refractivity contribution >= 4 is 0 Å². The number of benzene rings is 1. The predicted octanol–water partition coefficient (Wildman–Crippen LogP) is 6.63. The number of hydrogen-bond donors (Lipinski definition) is 2. The second-order valence-electron chi connectivity index (χ2n) is 7.98. The van der Waals surface area contributed by atoms with Gasteiger partial charge in [-0.15, -0.1) is 0 Å². The van der Waals surface area contributed by atoms with Gasteiger partial charge in [-0.1, -0.05) is 87.9 Å². The smallest absolute Gasteiger partial charge is 0.181 e. The fraction of sp³-hybridized carbons (Fsp3) is 0.600. The molecule has 0 radical (unpaired) electrons. The molecule has 0 unspecified atom stereocenters. The molecule has 2 rings (SSSR count). The van der Waals surface area contributed by atoms with Crippen LogP contribution in [0.25, 0.3) is 11.4 Å². The van der Waals surface area contributed by atoms with E-state index in [2.05, 4.69) is 34.3 Å². The van der Waals surface area contributed by atoms with Gasteiger partial charge in [-0.05, 0) is 38.5 Å². The molecule has 0 fully saturated rings. The highest BCUT2D eigenvalue weighted by molar-refractivity contribution is 5.53. The van der Waals surface area contributed by atoms with Crippen molar-refractivity contribution in [1.29, 1.82) is 0 Å². The molecule has 0 saturated heterocycles. The lowest BCUT2D eigenvalue weighted by Crippen LogP contribution is -2.05. The van der Waals surface area contributed by atoms with Crippen molar-refractivity contribution in [3.63, 3.8) is 0 Å². The number of aliphatic hydroxyl groups is 1. The van der Waals surface area contributed by atoms with Gasteiger partial charge in [-0.3, -0.25) is 5.10 Å². The van der Waals surface area contributed by atoms with Crippen molar-refractivity contribution in [2.45, 2.75) is 96.5 Å². The van der Waals surface area contributed by atoms with E-state index in [1.165, 1.54) is 44.9 Å². The fourth-order valence-corrected chi connectivity index (χ4v) is 3.51. The van der Waals surface area contributed by atoms with Gasteiger partial charge >= 0.3 is 0 Å². The summed E-state index contributed by atoms with van der Waals surface area (Å²) in [5.41, 5.74) is 1.06. The Labute approximate surface area is 176 Å². The summed E-state index contributed by atoms with van der Waals surface area (Å²) in [7, 11) is 0. The molecule has 1 heterocycles. The molecule has 2 N–H and O–H groups in total. The standard InChI is InChI=1S/C25H39N3O/c1-2-3-4-5-6-8-14-19-23(29)20-15-9-7-10-16-21-24-26-25(28-27-24)22-17-12-11-13-18-22/h6,8,11-13,17-18,23,29H,2-5,7,9-10,14-16,19-21H2,1H3,(H,26,27,28)/b8-6-/t23-/m0/s1. The molecule has 1 aromatic heterocycles. The Hall–Kier alpha value is -1.94. The van der Waals surface area contributed by atoms with E-state index in [9.17, 15) is 5.11 Å². The first kappa shape index (κ1) is 23.3. The van der Waals surface area contributed by atoms with Crippen LogP contribution >= 0.6 is 0 Å². The first-order valence-corrected chi connectivity index (χ1v) is 11.6. The number of aromatic amines is 1. The monoisotopic (exact) mass is 397 g/mol. The van der Waals surface area contributed by atoms with Crippen LogP contribution in [0.15, 0.2) is 42.5 Å². The van der Waals surface area contributed by atoms with Crippen LogP contribution in [0, 0.1) is 0 Å². The Morgan fingerprint density at radius 2 is 1.66 bits per heavy atom. The maximum Gasteiger partial charge on any atom is 0.181 e. The molecule has 0 spiro atoms. The SMILES string of the molecule is CCCCC/C=C\CC[C@H](O)CCCCCCCc1nc(-c2ccccc2)n[nH]1. The van der Waals surface area contributed by atoms with Gasteiger partial charge < -0.3 is 5.11 Å². The summed E-state index contributed by atoms with van der Waals surface area (Å²) >= 11 is 0. The van der Waals surface area contributed by atoms with Crippen molar-refractivity contribution < 1.29 is 5.11 Å². The maximum absolute atomic E-state index is 10.1. The van der Waals surface area contributed by atoms with Crippen molar-refractivity contribution in [2.24, 2.45) is 0 Å². The normalized spacial score (nSPS) is 12.6. The molecule has 0 aliphatic heterocycles. The molecule has 4 nitrogen and oxygen atoms in total.